The molecule has 1 aliphatic rings. The maximum Gasteiger partial charge on any atom is 0.0732 e. The van der Waals surface area contributed by atoms with Crippen molar-refractivity contribution in [2.75, 3.05) is 13.2 Å². The maximum absolute atomic E-state index is 5.84. The van der Waals surface area contributed by atoms with Crippen LogP contribution in [0.2, 0.25) is 0 Å². The summed E-state index contributed by atoms with van der Waals surface area (Å²) in [6, 6.07) is 3.09. The molecule has 0 saturated carbocycles. The van der Waals surface area contributed by atoms with Gasteiger partial charge in [-0.1, -0.05) is 20.8 Å². The molecule has 2 heterocycles. The Hall–Kier alpha value is -0.870. The third kappa shape index (κ3) is 3.83. The van der Waals surface area contributed by atoms with Gasteiger partial charge in [0, 0.05) is 25.3 Å². The lowest BCUT2D eigenvalue weighted by atomic mass is 10.0. The Morgan fingerprint density at radius 1 is 1.40 bits per heavy atom. The van der Waals surface area contributed by atoms with Crippen LogP contribution in [0.25, 0.3) is 0 Å². The van der Waals surface area contributed by atoms with E-state index in [4.69, 9.17) is 9.84 Å². The molecule has 4 nitrogen and oxygen atoms in total. The van der Waals surface area contributed by atoms with Gasteiger partial charge in [-0.25, -0.2) is 0 Å². The zero-order valence-corrected chi connectivity index (χ0v) is 13.1. The van der Waals surface area contributed by atoms with Crippen LogP contribution in [-0.4, -0.2) is 35.1 Å². The summed E-state index contributed by atoms with van der Waals surface area (Å²) in [6.07, 6.45) is 8.09. The summed E-state index contributed by atoms with van der Waals surface area (Å²) < 4.78 is 7.97. The molecule has 0 bridgehead atoms. The fraction of sp³-hybridized carbons (Fsp3) is 0.812. The summed E-state index contributed by atoms with van der Waals surface area (Å²) in [6.45, 7) is 8.50. The number of aromatic nitrogens is 2. The minimum absolute atomic E-state index is 0.355. The highest BCUT2D eigenvalue weighted by atomic mass is 16.5. The van der Waals surface area contributed by atoms with Gasteiger partial charge in [0.15, 0.2) is 0 Å². The van der Waals surface area contributed by atoms with Crippen molar-refractivity contribution >= 4 is 0 Å². The monoisotopic (exact) mass is 279 g/mol. The van der Waals surface area contributed by atoms with Crippen LogP contribution in [0.5, 0.6) is 0 Å². The number of ether oxygens (including phenoxy) is 1. The molecule has 2 rings (SSSR count). The Labute approximate surface area is 122 Å². The summed E-state index contributed by atoms with van der Waals surface area (Å²) >= 11 is 0. The first-order valence-electron chi connectivity index (χ1n) is 8.17. The lowest BCUT2D eigenvalue weighted by Gasteiger charge is -2.23. The fourth-order valence-corrected chi connectivity index (χ4v) is 3.09. The van der Waals surface area contributed by atoms with Gasteiger partial charge in [-0.2, -0.15) is 5.10 Å². The van der Waals surface area contributed by atoms with Crippen molar-refractivity contribution < 1.29 is 4.74 Å². The molecule has 0 radical (unpaired) electrons. The van der Waals surface area contributed by atoms with E-state index >= 15 is 0 Å². The molecule has 2 unspecified atom stereocenters. The molecule has 114 valence electrons. The highest BCUT2D eigenvalue weighted by molar-refractivity contribution is 5.04. The van der Waals surface area contributed by atoms with E-state index in [0.29, 0.717) is 18.2 Å². The van der Waals surface area contributed by atoms with Gasteiger partial charge in [0.05, 0.1) is 17.8 Å². The van der Waals surface area contributed by atoms with Crippen LogP contribution in [0, 0.1) is 0 Å². The second kappa shape index (κ2) is 7.79. The molecule has 20 heavy (non-hydrogen) atoms. The number of rotatable bonds is 8. The van der Waals surface area contributed by atoms with Crippen molar-refractivity contribution in [3.63, 3.8) is 0 Å². The SMILES string of the molecule is CCNC(Cc1ccn(C(CC)CC)n1)C1CCCO1. The van der Waals surface area contributed by atoms with E-state index in [1.54, 1.807) is 0 Å². The molecule has 1 aliphatic heterocycles. The smallest absolute Gasteiger partial charge is 0.0732 e. The Balaban J connectivity index is 1.99. The van der Waals surface area contributed by atoms with E-state index in [1.165, 1.54) is 18.5 Å². The van der Waals surface area contributed by atoms with Crippen molar-refractivity contribution in [1.82, 2.24) is 15.1 Å². The quantitative estimate of drug-likeness (QED) is 0.795. The Kier molecular flexibility index (Phi) is 6.05. The Morgan fingerprint density at radius 3 is 2.80 bits per heavy atom. The van der Waals surface area contributed by atoms with Crippen molar-refractivity contribution in [3.05, 3.63) is 18.0 Å². The summed E-state index contributed by atoms with van der Waals surface area (Å²) in [5.41, 5.74) is 1.18. The van der Waals surface area contributed by atoms with Crippen LogP contribution in [0.4, 0.5) is 0 Å². The van der Waals surface area contributed by atoms with Gasteiger partial charge in [0.1, 0.15) is 0 Å². The first kappa shape index (κ1) is 15.5. The molecular weight excluding hydrogens is 250 g/mol. The van der Waals surface area contributed by atoms with Gasteiger partial charge in [-0.15, -0.1) is 0 Å². The molecule has 0 aliphatic carbocycles. The average molecular weight is 279 g/mol. The largest absolute Gasteiger partial charge is 0.377 e. The van der Waals surface area contributed by atoms with E-state index in [0.717, 1.165) is 32.4 Å². The van der Waals surface area contributed by atoms with Crippen LogP contribution in [0.3, 0.4) is 0 Å². The van der Waals surface area contributed by atoms with Crippen LogP contribution in [-0.2, 0) is 11.2 Å². The summed E-state index contributed by atoms with van der Waals surface area (Å²) in [5, 5.41) is 8.33. The summed E-state index contributed by atoms with van der Waals surface area (Å²) in [4.78, 5) is 0. The molecule has 1 N–H and O–H groups in total. The molecule has 1 fully saturated rings. The van der Waals surface area contributed by atoms with Gasteiger partial charge in [-0.05, 0) is 38.3 Å². The van der Waals surface area contributed by atoms with Crippen molar-refractivity contribution in [1.29, 1.82) is 0 Å². The van der Waals surface area contributed by atoms with Crippen LogP contribution in [0.1, 0.15) is 58.2 Å². The first-order valence-corrected chi connectivity index (χ1v) is 8.17. The van der Waals surface area contributed by atoms with Gasteiger partial charge in [0.25, 0.3) is 0 Å². The molecule has 0 amide bonds. The van der Waals surface area contributed by atoms with Crippen molar-refractivity contribution in [2.24, 2.45) is 0 Å². The lowest BCUT2D eigenvalue weighted by molar-refractivity contribution is 0.0785. The normalized spacial score (nSPS) is 20.7. The number of hydrogen-bond donors (Lipinski definition) is 1. The average Bonchev–Trinajstić information content (AvgIpc) is 3.11. The van der Waals surface area contributed by atoms with Crippen molar-refractivity contribution in [2.45, 2.75) is 71.1 Å². The molecule has 1 aromatic rings. The molecule has 4 heteroatoms. The molecule has 1 saturated heterocycles. The molecule has 2 atom stereocenters. The maximum atomic E-state index is 5.84. The van der Waals surface area contributed by atoms with E-state index < -0.39 is 0 Å². The van der Waals surface area contributed by atoms with Gasteiger partial charge < -0.3 is 10.1 Å². The van der Waals surface area contributed by atoms with Crippen molar-refractivity contribution in [3.8, 4) is 0 Å². The number of nitrogens with one attached hydrogen (secondary N) is 1. The topological polar surface area (TPSA) is 39.1 Å². The second-order valence-corrected chi connectivity index (χ2v) is 5.68. The van der Waals surface area contributed by atoms with Gasteiger partial charge in [-0.3, -0.25) is 4.68 Å². The van der Waals surface area contributed by atoms with E-state index in [2.05, 4.69) is 43.0 Å². The van der Waals surface area contributed by atoms with Crippen LogP contribution in [0.15, 0.2) is 12.3 Å². The second-order valence-electron chi connectivity index (χ2n) is 5.68. The predicted octanol–water partition coefficient (Wildman–Crippen LogP) is 2.94. The number of nitrogens with zero attached hydrogens (tertiary/aromatic N) is 2. The highest BCUT2D eigenvalue weighted by Gasteiger charge is 2.26. The molecule has 1 aromatic heterocycles. The van der Waals surface area contributed by atoms with Crippen LogP contribution < -0.4 is 5.32 Å². The molecule has 0 spiro atoms. The minimum atomic E-state index is 0.355. The predicted molar refractivity (Wildman–Crippen MR) is 82.0 cm³/mol. The van der Waals surface area contributed by atoms with E-state index in [1.807, 2.05) is 0 Å². The summed E-state index contributed by atoms with van der Waals surface area (Å²) in [7, 11) is 0. The highest BCUT2D eigenvalue weighted by Crippen LogP contribution is 2.19. The van der Waals surface area contributed by atoms with E-state index in [-0.39, 0.29) is 0 Å². The van der Waals surface area contributed by atoms with Gasteiger partial charge in [0.2, 0.25) is 0 Å². The Bertz CT molecular complexity index is 381. The number of hydrogen-bond acceptors (Lipinski definition) is 3. The van der Waals surface area contributed by atoms with Crippen LogP contribution >= 0.6 is 0 Å². The summed E-state index contributed by atoms with van der Waals surface area (Å²) in [5.74, 6) is 0. The Morgan fingerprint density at radius 2 is 2.20 bits per heavy atom. The first-order chi connectivity index (χ1) is 9.78. The standard InChI is InChI=1S/C16H29N3O/c1-4-14(5-2)19-10-9-13(18-19)12-15(17-6-3)16-8-7-11-20-16/h9-10,14-17H,4-8,11-12H2,1-3H3. The molecular formula is C16H29N3O. The zero-order chi connectivity index (χ0) is 14.4. The fourth-order valence-electron chi connectivity index (χ4n) is 3.09. The lowest BCUT2D eigenvalue weighted by Crippen LogP contribution is -2.41. The molecule has 0 aromatic carbocycles. The third-order valence-corrected chi connectivity index (χ3v) is 4.29. The van der Waals surface area contributed by atoms with E-state index in [9.17, 15) is 0 Å². The van der Waals surface area contributed by atoms with Gasteiger partial charge >= 0.3 is 0 Å². The minimum Gasteiger partial charge on any atom is -0.377 e. The zero-order valence-electron chi connectivity index (χ0n) is 13.1. The number of likely N-dealkylation sites (N-methyl/N-ethyl adjacent to an activating group) is 1. The third-order valence-electron chi connectivity index (χ3n) is 4.29.